The van der Waals surface area contributed by atoms with Crippen LogP contribution in [0.25, 0.3) is 20.8 Å². The number of halogens is 1. The Hall–Kier alpha value is -2.14. The zero-order valence-corrected chi connectivity index (χ0v) is 11.0. The van der Waals surface area contributed by atoms with Gasteiger partial charge in [-0.1, -0.05) is 0 Å². The summed E-state index contributed by atoms with van der Waals surface area (Å²) in [6.07, 6.45) is 0. The highest BCUT2D eigenvalue weighted by molar-refractivity contribution is 7.21. The summed E-state index contributed by atoms with van der Waals surface area (Å²) in [6.45, 7) is 0. The lowest BCUT2D eigenvalue weighted by Gasteiger charge is -2.06. The first-order valence-electron chi connectivity index (χ1n) is 5.67. The van der Waals surface area contributed by atoms with Crippen molar-refractivity contribution in [2.75, 3.05) is 12.8 Å². The predicted molar refractivity (Wildman–Crippen MR) is 76.0 cm³/mol. The lowest BCUT2D eigenvalue weighted by molar-refractivity contribution is 0.416. The number of aromatic nitrogens is 1. The van der Waals surface area contributed by atoms with Crippen LogP contribution in [0.2, 0.25) is 0 Å². The first-order valence-corrected chi connectivity index (χ1v) is 6.49. The number of nitrogen functional groups attached to an aromatic ring is 1. The Bertz CT molecular complexity index is 754. The number of benzene rings is 2. The SMILES string of the molecule is COc1cc(N)ccc1-c1nc2ccc(F)cc2s1. The van der Waals surface area contributed by atoms with E-state index in [1.54, 1.807) is 25.3 Å². The second-order valence-corrected chi connectivity index (χ2v) is 5.12. The highest BCUT2D eigenvalue weighted by Gasteiger charge is 2.12. The zero-order chi connectivity index (χ0) is 13.4. The quantitative estimate of drug-likeness (QED) is 0.725. The van der Waals surface area contributed by atoms with Gasteiger partial charge in [-0.2, -0.15) is 0 Å². The molecule has 0 aliphatic carbocycles. The molecular weight excluding hydrogens is 263 g/mol. The average Bonchev–Trinajstić information content (AvgIpc) is 2.81. The number of nitrogens with two attached hydrogens (primary N) is 1. The van der Waals surface area contributed by atoms with Crippen LogP contribution in [0.3, 0.4) is 0 Å². The van der Waals surface area contributed by atoms with Crippen LogP contribution in [-0.2, 0) is 0 Å². The minimum atomic E-state index is -0.257. The monoisotopic (exact) mass is 274 g/mol. The fourth-order valence-electron chi connectivity index (χ4n) is 1.90. The second-order valence-electron chi connectivity index (χ2n) is 4.09. The van der Waals surface area contributed by atoms with E-state index in [9.17, 15) is 4.39 Å². The molecule has 0 saturated carbocycles. The van der Waals surface area contributed by atoms with Gasteiger partial charge in [-0.25, -0.2) is 9.37 Å². The third-order valence-corrected chi connectivity index (χ3v) is 3.86. The van der Waals surface area contributed by atoms with Crippen molar-refractivity contribution in [3.8, 4) is 16.3 Å². The molecule has 3 rings (SSSR count). The minimum Gasteiger partial charge on any atom is -0.496 e. The van der Waals surface area contributed by atoms with Gasteiger partial charge in [0, 0.05) is 11.8 Å². The van der Waals surface area contributed by atoms with Crippen molar-refractivity contribution in [3.05, 3.63) is 42.2 Å². The summed E-state index contributed by atoms with van der Waals surface area (Å²) in [5, 5.41) is 0.789. The molecular formula is C14H11FN2OS. The number of hydrogen-bond donors (Lipinski definition) is 1. The summed E-state index contributed by atoms with van der Waals surface area (Å²) >= 11 is 1.43. The molecule has 0 unspecified atom stereocenters. The van der Waals surface area contributed by atoms with E-state index in [2.05, 4.69) is 4.98 Å². The second kappa shape index (κ2) is 4.51. The van der Waals surface area contributed by atoms with Crippen LogP contribution in [0.4, 0.5) is 10.1 Å². The zero-order valence-electron chi connectivity index (χ0n) is 10.2. The maximum absolute atomic E-state index is 13.2. The van der Waals surface area contributed by atoms with Crippen LogP contribution in [-0.4, -0.2) is 12.1 Å². The Morgan fingerprint density at radius 3 is 2.84 bits per heavy atom. The lowest BCUT2D eigenvalue weighted by Crippen LogP contribution is -1.90. The van der Waals surface area contributed by atoms with Crippen LogP contribution in [0, 0.1) is 5.82 Å². The van der Waals surface area contributed by atoms with Crippen molar-refractivity contribution in [3.63, 3.8) is 0 Å². The molecule has 0 fully saturated rings. The molecule has 1 aromatic heterocycles. The van der Waals surface area contributed by atoms with Gasteiger partial charge in [-0.05, 0) is 30.3 Å². The number of nitrogens with zero attached hydrogens (tertiary/aromatic N) is 1. The van der Waals surface area contributed by atoms with Gasteiger partial charge in [-0.3, -0.25) is 0 Å². The van der Waals surface area contributed by atoms with Gasteiger partial charge in [0.25, 0.3) is 0 Å². The number of hydrogen-bond acceptors (Lipinski definition) is 4. The van der Waals surface area contributed by atoms with Gasteiger partial charge < -0.3 is 10.5 Å². The highest BCUT2D eigenvalue weighted by atomic mass is 32.1. The van der Waals surface area contributed by atoms with Crippen LogP contribution >= 0.6 is 11.3 Å². The maximum Gasteiger partial charge on any atom is 0.131 e. The van der Waals surface area contributed by atoms with Crippen molar-refractivity contribution in [1.29, 1.82) is 0 Å². The molecule has 3 nitrogen and oxygen atoms in total. The van der Waals surface area contributed by atoms with Gasteiger partial charge in [0.05, 0.1) is 22.9 Å². The van der Waals surface area contributed by atoms with Gasteiger partial charge in [0.2, 0.25) is 0 Å². The number of thiazole rings is 1. The third kappa shape index (κ3) is 2.13. The lowest BCUT2D eigenvalue weighted by atomic mass is 10.2. The fourth-order valence-corrected chi connectivity index (χ4v) is 2.92. The molecule has 0 bridgehead atoms. The molecule has 2 aromatic carbocycles. The molecule has 0 aliphatic heterocycles. The molecule has 0 spiro atoms. The summed E-state index contributed by atoms with van der Waals surface area (Å²) in [6, 6.07) is 9.98. The molecule has 3 aromatic rings. The molecule has 1 heterocycles. The minimum absolute atomic E-state index is 0.257. The summed E-state index contributed by atoms with van der Waals surface area (Å²) in [5.74, 6) is 0.409. The van der Waals surface area contributed by atoms with E-state index < -0.39 is 0 Å². The predicted octanol–water partition coefficient (Wildman–Crippen LogP) is 3.69. The van der Waals surface area contributed by atoms with E-state index in [0.29, 0.717) is 11.4 Å². The van der Waals surface area contributed by atoms with Crippen molar-refractivity contribution in [2.45, 2.75) is 0 Å². The van der Waals surface area contributed by atoms with E-state index in [0.717, 1.165) is 20.8 Å². The van der Waals surface area contributed by atoms with Crippen LogP contribution < -0.4 is 10.5 Å². The fraction of sp³-hybridized carbons (Fsp3) is 0.0714. The van der Waals surface area contributed by atoms with E-state index in [1.165, 1.54) is 23.5 Å². The first kappa shape index (κ1) is 11.9. The smallest absolute Gasteiger partial charge is 0.131 e. The van der Waals surface area contributed by atoms with Gasteiger partial charge in [0.1, 0.15) is 16.6 Å². The summed E-state index contributed by atoms with van der Waals surface area (Å²) < 4.78 is 19.3. The molecule has 0 radical (unpaired) electrons. The number of ether oxygens (including phenoxy) is 1. The molecule has 5 heteroatoms. The Balaban J connectivity index is 2.18. The number of fused-ring (bicyclic) bond motifs is 1. The normalized spacial score (nSPS) is 10.8. The first-order chi connectivity index (χ1) is 9.17. The van der Waals surface area contributed by atoms with Crippen LogP contribution in [0.15, 0.2) is 36.4 Å². The number of methoxy groups -OCH3 is 1. The van der Waals surface area contributed by atoms with Gasteiger partial charge in [-0.15, -0.1) is 11.3 Å². The molecule has 19 heavy (non-hydrogen) atoms. The van der Waals surface area contributed by atoms with Crippen molar-refractivity contribution < 1.29 is 9.13 Å². The van der Waals surface area contributed by atoms with Gasteiger partial charge >= 0.3 is 0 Å². The molecule has 0 aliphatic rings. The molecule has 96 valence electrons. The molecule has 0 saturated heterocycles. The van der Waals surface area contributed by atoms with Crippen LogP contribution in [0.5, 0.6) is 5.75 Å². The maximum atomic E-state index is 13.2. The summed E-state index contributed by atoms with van der Waals surface area (Å²) in [5.41, 5.74) is 8.00. The van der Waals surface area contributed by atoms with E-state index in [-0.39, 0.29) is 5.82 Å². The Morgan fingerprint density at radius 2 is 2.05 bits per heavy atom. The standard InChI is InChI=1S/C14H11FN2OS/c1-18-12-7-9(16)3-4-10(12)14-17-11-5-2-8(15)6-13(11)19-14/h2-7H,16H2,1H3. The van der Waals surface area contributed by atoms with Crippen molar-refractivity contribution >= 4 is 27.2 Å². The van der Waals surface area contributed by atoms with Crippen molar-refractivity contribution in [2.24, 2.45) is 0 Å². The van der Waals surface area contributed by atoms with Crippen LogP contribution in [0.1, 0.15) is 0 Å². The highest BCUT2D eigenvalue weighted by Crippen LogP contribution is 2.36. The number of rotatable bonds is 2. The molecule has 2 N–H and O–H groups in total. The summed E-state index contributed by atoms with van der Waals surface area (Å²) in [4.78, 5) is 4.49. The third-order valence-electron chi connectivity index (χ3n) is 2.81. The Kier molecular flexibility index (Phi) is 2.83. The molecule has 0 atom stereocenters. The molecule has 0 amide bonds. The van der Waals surface area contributed by atoms with E-state index >= 15 is 0 Å². The largest absolute Gasteiger partial charge is 0.496 e. The topological polar surface area (TPSA) is 48.1 Å². The number of anilines is 1. The van der Waals surface area contributed by atoms with E-state index in [4.69, 9.17) is 10.5 Å². The summed E-state index contributed by atoms with van der Waals surface area (Å²) in [7, 11) is 1.59. The Labute approximate surface area is 113 Å². The average molecular weight is 274 g/mol. The van der Waals surface area contributed by atoms with E-state index in [1.807, 2.05) is 6.07 Å². The van der Waals surface area contributed by atoms with Gasteiger partial charge in [0.15, 0.2) is 0 Å². The van der Waals surface area contributed by atoms with Crippen molar-refractivity contribution in [1.82, 2.24) is 4.98 Å². The Morgan fingerprint density at radius 1 is 1.21 bits per heavy atom.